The molecule has 29 heavy (non-hydrogen) atoms. The van der Waals surface area contributed by atoms with Crippen molar-refractivity contribution in [1.82, 2.24) is 9.80 Å². The van der Waals surface area contributed by atoms with Crippen LogP contribution in [0, 0.1) is 0 Å². The fourth-order valence-electron chi connectivity index (χ4n) is 4.14. The molecule has 2 fully saturated rings. The van der Waals surface area contributed by atoms with Crippen LogP contribution in [0.5, 0.6) is 0 Å². The minimum atomic E-state index is -3.06. The van der Waals surface area contributed by atoms with Gasteiger partial charge in [0.2, 0.25) is 5.91 Å². The second kappa shape index (κ2) is 8.95. The molecule has 1 atom stereocenters. The van der Waals surface area contributed by atoms with Gasteiger partial charge in [-0.25, -0.2) is 8.42 Å². The summed E-state index contributed by atoms with van der Waals surface area (Å²) in [5.41, 5.74) is 2.13. The summed E-state index contributed by atoms with van der Waals surface area (Å²) >= 11 is 1.72. The van der Waals surface area contributed by atoms with E-state index in [1.165, 1.54) is 5.56 Å². The summed E-state index contributed by atoms with van der Waals surface area (Å²) in [7, 11) is -3.06. The predicted molar refractivity (Wildman–Crippen MR) is 117 cm³/mol. The average Bonchev–Trinajstić information content (AvgIpc) is 3.34. The van der Waals surface area contributed by atoms with E-state index in [1.54, 1.807) is 16.2 Å². The predicted octanol–water partition coefficient (Wildman–Crippen LogP) is 2.09. The number of anilines is 1. The number of carbonyl (C=O) groups is 1. The molecule has 2 aromatic rings. The zero-order valence-corrected chi connectivity index (χ0v) is 18.1. The first-order valence-electron chi connectivity index (χ1n) is 10.0. The molecule has 0 aliphatic carbocycles. The van der Waals surface area contributed by atoms with Crippen LogP contribution >= 0.6 is 11.3 Å². The molecule has 2 saturated heterocycles. The fraction of sp³-hybridized carbons (Fsp3) is 0.476. The van der Waals surface area contributed by atoms with Gasteiger partial charge in [0, 0.05) is 38.4 Å². The van der Waals surface area contributed by atoms with Crippen LogP contribution in [-0.4, -0.2) is 74.4 Å². The van der Waals surface area contributed by atoms with Crippen molar-refractivity contribution in [2.45, 2.75) is 19.0 Å². The van der Waals surface area contributed by atoms with E-state index in [0.29, 0.717) is 13.0 Å². The number of amides is 1. The molecule has 8 heteroatoms. The van der Waals surface area contributed by atoms with Gasteiger partial charge in [-0.3, -0.25) is 14.6 Å². The van der Waals surface area contributed by atoms with Gasteiger partial charge < -0.3 is 4.90 Å². The number of para-hydroxylation sites is 1. The van der Waals surface area contributed by atoms with E-state index >= 15 is 0 Å². The van der Waals surface area contributed by atoms with Crippen molar-refractivity contribution in [3.05, 3.63) is 52.7 Å². The van der Waals surface area contributed by atoms with Gasteiger partial charge in [0.15, 0.2) is 9.84 Å². The lowest BCUT2D eigenvalue weighted by molar-refractivity contribution is -0.120. The second-order valence-corrected chi connectivity index (χ2v) is 10.8. The number of thiophene rings is 1. The molecular formula is C21H27N3O3S2. The summed E-state index contributed by atoms with van der Waals surface area (Å²) in [5.74, 6) is 0.210. The first kappa shape index (κ1) is 20.5. The van der Waals surface area contributed by atoms with Crippen LogP contribution in [0.4, 0.5) is 5.69 Å². The molecule has 3 heterocycles. The summed E-state index contributed by atoms with van der Waals surface area (Å²) in [6.07, 6.45) is 0.511. The smallest absolute Gasteiger partial charge is 0.241 e. The van der Waals surface area contributed by atoms with Crippen molar-refractivity contribution in [1.29, 1.82) is 0 Å². The molecule has 1 aromatic carbocycles. The molecule has 1 amide bonds. The Balaban J connectivity index is 1.38. The average molecular weight is 434 g/mol. The van der Waals surface area contributed by atoms with Crippen LogP contribution in [0.2, 0.25) is 0 Å². The van der Waals surface area contributed by atoms with Gasteiger partial charge in [-0.05, 0) is 40.9 Å². The summed E-state index contributed by atoms with van der Waals surface area (Å²) in [4.78, 5) is 19.6. The maximum Gasteiger partial charge on any atom is 0.241 e. The quantitative estimate of drug-likeness (QED) is 0.698. The highest BCUT2D eigenvalue weighted by Crippen LogP contribution is 2.25. The molecule has 0 N–H and O–H groups in total. The number of sulfone groups is 1. The van der Waals surface area contributed by atoms with Crippen molar-refractivity contribution in [2.24, 2.45) is 0 Å². The molecule has 0 spiro atoms. The Bertz CT molecular complexity index is 908. The van der Waals surface area contributed by atoms with E-state index in [1.807, 2.05) is 30.3 Å². The molecule has 6 nitrogen and oxygen atoms in total. The fourth-order valence-corrected chi connectivity index (χ4v) is 6.50. The zero-order chi connectivity index (χ0) is 20.3. The van der Waals surface area contributed by atoms with Gasteiger partial charge >= 0.3 is 0 Å². The van der Waals surface area contributed by atoms with E-state index in [-0.39, 0.29) is 23.5 Å². The van der Waals surface area contributed by atoms with Gasteiger partial charge in [-0.15, -0.1) is 0 Å². The Morgan fingerprint density at radius 1 is 1.07 bits per heavy atom. The van der Waals surface area contributed by atoms with Gasteiger partial charge in [0.1, 0.15) is 0 Å². The van der Waals surface area contributed by atoms with E-state index < -0.39 is 9.84 Å². The molecule has 2 aliphatic rings. The minimum Gasteiger partial charge on any atom is -0.307 e. The molecule has 0 bridgehead atoms. The van der Waals surface area contributed by atoms with Crippen LogP contribution in [0.25, 0.3) is 0 Å². The lowest BCUT2D eigenvalue weighted by Gasteiger charge is -2.36. The number of carbonyl (C=O) groups excluding carboxylic acids is 1. The Kier molecular flexibility index (Phi) is 6.34. The standard InChI is InChI=1S/C21H27N3O3S2/c25-21(15-23-10-8-22(9-11-23)14-18-6-12-28-16-18)24(19-4-2-1-3-5-19)20-7-13-29(26,27)17-20/h1-6,12,16,20H,7-11,13-15,17H2/t20-/m1/s1. The summed E-state index contributed by atoms with van der Waals surface area (Å²) in [6.45, 7) is 4.86. The monoisotopic (exact) mass is 433 g/mol. The Morgan fingerprint density at radius 2 is 1.79 bits per heavy atom. The van der Waals surface area contributed by atoms with Gasteiger partial charge in [0.05, 0.1) is 24.1 Å². The molecule has 2 aliphatic heterocycles. The first-order chi connectivity index (χ1) is 14.0. The van der Waals surface area contributed by atoms with Crippen molar-refractivity contribution in [3.8, 4) is 0 Å². The van der Waals surface area contributed by atoms with Gasteiger partial charge in [-0.1, -0.05) is 18.2 Å². The van der Waals surface area contributed by atoms with Crippen LogP contribution in [0.15, 0.2) is 47.2 Å². The zero-order valence-electron chi connectivity index (χ0n) is 16.4. The normalized spacial score (nSPS) is 22.6. The lowest BCUT2D eigenvalue weighted by atomic mass is 10.1. The van der Waals surface area contributed by atoms with E-state index in [2.05, 4.69) is 26.6 Å². The minimum absolute atomic E-state index is 0.00964. The van der Waals surface area contributed by atoms with E-state index in [0.717, 1.165) is 38.4 Å². The number of piperazine rings is 1. The lowest BCUT2D eigenvalue weighted by Crippen LogP contribution is -2.51. The number of nitrogens with zero attached hydrogens (tertiary/aromatic N) is 3. The summed E-state index contributed by atoms with van der Waals surface area (Å²) in [6, 6.07) is 11.4. The van der Waals surface area contributed by atoms with Crippen LogP contribution in [0.3, 0.4) is 0 Å². The van der Waals surface area contributed by atoms with Crippen molar-refractivity contribution in [3.63, 3.8) is 0 Å². The number of hydrogen-bond acceptors (Lipinski definition) is 6. The Morgan fingerprint density at radius 3 is 2.41 bits per heavy atom. The number of hydrogen-bond donors (Lipinski definition) is 0. The maximum absolute atomic E-state index is 13.2. The third-order valence-electron chi connectivity index (χ3n) is 5.69. The van der Waals surface area contributed by atoms with Crippen LogP contribution in [-0.2, 0) is 21.2 Å². The Hall–Kier alpha value is -1.74. The largest absolute Gasteiger partial charge is 0.307 e. The summed E-state index contributed by atoms with van der Waals surface area (Å²) in [5, 5.41) is 4.29. The highest BCUT2D eigenvalue weighted by atomic mass is 32.2. The highest BCUT2D eigenvalue weighted by Gasteiger charge is 2.36. The SMILES string of the molecule is O=C(CN1CCN(Cc2ccsc2)CC1)N(c1ccccc1)[C@@H]1CCS(=O)(=O)C1. The van der Waals surface area contributed by atoms with Gasteiger partial charge in [-0.2, -0.15) is 11.3 Å². The third-order valence-corrected chi connectivity index (χ3v) is 8.17. The maximum atomic E-state index is 13.2. The molecule has 156 valence electrons. The Labute approximate surface area is 176 Å². The molecule has 0 radical (unpaired) electrons. The van der Waals surface area contributed by atoms with E-state index in [9.17, 15) is 13.2 Å². The topological polar surface area (TPSA) is 60.9 Å². The van der Waals surface area contributed by atoms with Crippen LogP contribution in [0.1, 0.15) is 12.0 Å². The van der Waals surface area contributed by atoms with Crippen molar-refractivity contribution in [2.75, 3.05) is 49.1 Å². The number of rotatable bonds is 6. The molecule has 1 aromatic heterocycles. The molecule has 0 unspecified atom stereocenters. The van der Waals surface area contributed by atoms with Gasteiger partial charge in [0.25, 0.3) is 0 Å². The van der Waals surface area contributed by atoms with Crippen molar-refractivity contribution < 1.29 is 13.2 Å². The highest BCUT2D eigenvalue weighted by molar-refractivity contribution is 7.91. The third kappa shape index (κ3) is 5.25. The molecule has 0 saturated carbocycles. The molecular weight excluding hydrogens is 406 g/mol. The first-order valence-corrected chi connectivity index (χ1v) is 12.8. The number of benzene rings is 1. The molecule has 4 rings (SSSR count). The van der Waals surface area contributed by atoms with Crippen LogP contribution < -0.4 is 4.90 Å². The summed E-state index contributed by atoms with van der Waals surface area (Å²) < 4.78 is 24.0. The van der Waals surface area contributed by atoms with E-state index in [4.69, 9.17) is 0 Å². The second-order valence-electron chi connectivity index (χ2n) is 7.84. The van der Waals surface area contributed by atoms with Crippen molar-refractivity contribution >= 4 is 32.8 Å².